The van der Waals surface area contributed by atoms with Crippen molar-refractivity contribution in [3.63, 3.8) is 0 Å². The highest BCUT2D eigenvalue weighted by atomic mass is 19.1. The molecule has 2 aromatic rings. The van der Waals surface area contributed by atoms with Gasteiger partial charge in [-0.05, 0) is 86.0 Å². The maximum atomic E-state index is 14.4. The molecule has 2 aromatic carbocycles. The van der Waals surface area contributed by atoms with Gasteiger partial charge in [-0.2, -0.15) is 0 Å². The lowest BCUT2D eigenvalue weighted by Crippen LogP contribution is -2.36. The number of nitrogens with one attached hydrogen (secondary N) is 1. The Morgan fingerprint density at radius 3 is 2.57 bits per heavy atom. The summed E-state index contributed by atoms with van der Waals surface area (Å²) in [6.45, 7) is 2.30. The molecule has 1 unspecified atom stereocenters. The maximum absolute atomic E-state index is 14.4. The summed E-state index contributed by atoms with van der Waals surface area (Å²) >= 11 is 0. The second-order valence-electron chi connectivity index (χ2n) is 8.51. The normalized spacial score (nSPS) is 18.7. The van der Waals surface area contributed by atoms with Gasteiger partial charge in [-0.15, -0.1) is 0 Å². The number of hydrogen-bond acceptors (Lipinski definition) is 3. The van der Waals surface area contributed by atoms with Crippen LogP contribution in [0, 0.1) is 17.6 Å². The first-order chi connectivity index (χ1) is 14.5. The molecule has 0 saturated carbocycles. The van der Waals surface area contributed by atoms with Gasteiger partial charge in [0.1, 0.15) is 11.6 Å². The smallest absolute Gasteiger partial charge is 0.224 e. The Hall–Kier alpha value is -2.31. The van der Waals surface area contributed by atoms with E-state index in [9.17, 15) is 18.7 Å². The first kappa shape index (κ1) is 20.9. The fraction of sp³-hybridized carbons (Fsp3) is 0.458. The standard InChI is InChI=1S/C24H28F2N2O2/c25-20-6-3-16(4-7-20)1-2-17-9-11-28(12-10-17)15-22(29)19-13-18-5-8-23(30)27-24(18)21(26)14-19/h3-4,6-7,13-14,17,22,29H,1-2,5,8-12,15H2,(H,27,30). The fourth-order valence-corrected chi connectivity index (χ4v) is 4.50. The molecule has 2 heterocycles. The number of rotatable bonds is 6. The molecule has 30 heavy (non-hydrogen) atoms. The molecule has 2 aliphatic heterocycles. The number of carbonyl (C=O) groups excluding carboxylic acids is 1. The number of nitrogens with zero attached hydrogens (tertiary/aromatic N) is 1. The van der Waals surface area contributed by atoms with Crippen molar-refractivity contribution in [2.75, 3.05) is 25.0 Å². The van der Waals surface area contributed by atoms with Gasteiger partial charge in [-0.1, -0.05) is 18.2 Å². The number of amides is 1. The summed E-state index contributed by atoms with van der Waals surface area (Å²) in [5.74, 6) is -0.214. The van der Waals surface area contributed by atoms with Gasteiger partial charge in [0, 0.05) is 13.0 Å². The van der Waals surface area contributed by atoms with Crippen LogP contribution < -0.4 is 5.32 Å². The third-order valence-electron chi connectivity index (χ3n) is 6.36. The molecular formula is C24H28F2N2O2. The first-order valence-electron chi connectivity index (χ1n) is 10.7. The van der Waals surface area contributed by atoms with Crippen LogP contribution in [0.25, 0.3) is 0 Å². The summed E-state index contributed by atoms with van der Waals surface area (Å²) in [5.41, 5.74) is 2.74. The SMILES string of the molecule is O=C1CCc2cc(C(O)CN3CCC(CCc4ccc(F)cc4)CC3)cc(F)c2N1. The van der Waals surface area contributed by atoms with E-state index in [1.54, 1.807) is 0 Å². The Bertz CT molecular complexity index is 893. The number of fused-ring (bicyclic) bond motifs is 1. The van der Waals surface area contributed by atoms with Crippen molar-refractivity contribution in [1.82, 2.24) is 4.90 Å². The summed E-state index contributed by atoms with van der Waals surface area (Å²) < 4.78 is 27.4. The van der Waals surface area contributed by atoms with E-state index < -0.39 is 11.9 Å². The van der Waals surface area contributed by atoms with Crippen molar-refractivity contribution in [1.29, 1.82) is 0 Å². The largest absolute Gasteiger partial charge is 0.387 e. The number of anilines is 1. The second kappa shape index (κ2) is 9.23. The molecule has 160 valence electrons. The van der Waals surface area contributed by atoms with Crippen LogP contribution in [0.2, 0.25) is 0 Å². The maximum Gasteiger partial charge on any atom is 0.224 e. The average molecular weight is 414 g/mol. The molecule has 1 fully saturated rings. The second-order valence-corrected chi connectivity index (χ2v) is 8.51. The average Bonchev–Trinajstić information content (AvgIpc) is 2.74. The molecule has 0 aromatic heterocycles. The predicted molar refractivity (Wildman–Crippen MR) is 112 cm³/mol. The van der Waals surface area contributed by atoms with E-state index in [4.69, 9.17) is 0 Å². The van der Waals surface area contributed by atoms with Gasteiger partial charge in [0.2, 0.25) is 5.91 Å². The van der Waals surface area contributed by atoms with Crippen molar-refractivity contribution in [3.8, 4) is 0 Å². The van der Waals surface area contributed by atoms with Crippen molar-refractivity contribution in [2.24, 2.45) is 5.92 Å². The number of aliphatic hydroxyl groups excluding tert-OH is 1. The van der Waals surface area contributed by atoms with Crippen LogP contribution in [-0.4, -0.2) is 35.5 Å². The van der Waals surface area contributed by atoms with E-state index in [1.807, 2.05) is 18.2 Å². The molecule has 0 aliphatic carbocycles. The molecular weight excluding hydrogens is 386 g/mol. The number of likely N-dealkylation sites (tertiary alicyclic amines) is 1. The Labute approximate surface area is 175 Å². The van der Waals surface area contributed by atoms with E-state index in [0.29, 0.717) is 30.9 Å². The highest BCUT2D eigenvalue weighted by Gasteiger charge is 2.24. The Morgan fingerprint density at radius 2 is 1.83 bits per heavy atom. The van der Waals surface area contributed by atoms with E-state index in [1.165, 1.54) is 23.8 Å². The van der Waals surface area contributed by atoms with Crippen LogP contribution in [0.15, 0.2) is 36.4 Å². The summed E-state index contributed by atoms with van der Waals surface area (Å²) in [7, 11) is 0. The van der Waals surface area contributed by atoms with Crippen LogP contribution in [0.4, 0.5) is 14.5 Å². The molecule has 4 rings (SSSR count). The predicted octanol–water partition coefficient (Wildman–Crippen LogP) is 4.23. The topological polar surface area (TPSA) is 52.6 Å². The van der Waals surface area contributed by atoms with Gasteiger partial charge >= 0.3 is 0 Å². The zero-order chi connectivity index (χ0) is 21.1. The summed E-state index contributed by atoms with van der Waals surface area (Å²) in [6.07, 6.45) is 4.27. The molecule has 0 bridgehead atoms. The third kappa shape index (κ3) is 5.05. The highest BCUT2D eigenvalue weighted by Crippen LogP contribution is 2.30. The van der Waals surface area contributed by atoms with E-state index in [-0.39, 0.29) is 17.4 Å². The minimum Gasteiger partial charge on any atom is -0.387 e. The Morgan fingerprint density at radius 1 is 1.10 bits per heavy atom. The molecule has 2 aliphatic rings. The third-order valence-corrected chi connectivity index (χ3v) is 6.36. The quantitative estimate of drug-likeness (QED) is 0.744. The zero-order valence-corrected chi connectivity index (χ0v) is 17.0. The number of β-amino-alcohol motifs (C(OH)–C–C–N with tert-alkyl or cyclic N) is 1. The molecule has 0 spiro atoms. The van der Waals surface area contributed by atoms with Gasteiger partial charge in [0.15, 0.2) is 0 Å². The number of piperidine rings is 1. The molecule has 2 N–H and O–H groups in total. The molecule has 1 saturated heterocycles. The van der Waals surface area contributed by atoms with Gasteiger partial charge in [0.25, 0.3) is 0 Å². The summed E-state index contributed by atoms with van der Waals surface area (Å²) in [4.78, 5) is 13.7. The first-order valence-corrected chi connectivity index (χ1v) is 10.7. The molecule has 1 atom stereocenters. The fourth-order valence-electron chi connectivity index (χ4n) is 4.50. The van der Waals surface area contributed by atoms with Crippen LogP contribution in [0.3, 0.4) is 0 Å². The molecule has 4 nitrogen and oxygen atoms in total. The lowest BCUT2D eigenvalue weighted by atomic mass is 9.90. The number of carbonyl (C=O) groups is 1. The minimum atomic E-state index is -0.752. The number of benzene rings is 2. The van der Waals surface area contributed by atoms with E-state index in [0.717, 1.165) is 44.3 Å². The van der Waals surface area contributed by atoms with Crippen molar-refractivity contribution in [2.45, 2.75) is 44.6 Å². The lowest BCUT2D eigenvalue weighted by Gasteiger charge is -2.33. The lowest BCUT2D eigenvalue weighted by molar-refractivity contribution is -0.116. The van der Waals surface area contributed by atoms with Gasteiger partial charge in [-0.25, -0.2) is 8.78 Å². The number of halogens is 2. The van der Waals surface area contributed by atoms with Gasteiger partial charge < -0.3 is 15.3 Å². The van der Waals surface area contributed by atoms with Crippen molar-refractivity contribution in [3.05, 3.63) is 64.7 Å². The van der Waals surface area contributed by atoms with Crippen LogP contribution in [0.1, 0.15) is 48.5 Å². The van der Waals surface area contributed by atoms with Crippen LogP contribution in [0.5, 0.6) is 0 Å². The number of hydrogen-bond donors (Lipinski definition) is 2. The number of aryl methyl sites for hydroxylation is 2. The number of aliphatic hydroxyl groups is 1. The van der Waals surface area contributed by atoms with Gasteiger partial charge in [0.05, 0.1) is 11.8 Å². The Balaban J connectivity index is 1.27. The van der Waals surface area contributed by atoms with Crippen LogP contribution in [-0.2, 0) is 17.6 Å². The highest BCUT2D eigenvalue weighted by molar-refractivity contribution is 5.94. The van der Waals surface area contributed by atoms with E-state index >= 15 is 0 Å². The van der Waals surface area contributed by atoms with E-state index in [2.05, 4.69) is 10.2 Å². The summed E-state index contributed by atoms with van der Waals surface area (Å²) in [6, 6.07) is 9.88. The van der Waals surface area contributed by atoms with Crippen molar-refractivity contribution >= 4 is 11.6 Å². The Kier molecular flexibility index (Phi) is 6.44. The molecule has 6 heteroatoms. The summed E-state index contributed by atoms with van der Waals surface area (Å²) in [5, 5.41) is 13.2. The zero-order valence-electron chi connectivity index (χ0n) is 17.0. The van der Waals surface area contributed by atoms with Crippen LogP contribution >= 0.6 is 0 Å². The van der Waals surface area contributed by atoms with Crippen molar-refractivity contribution < 1.29 is 18.7 Å². The monoisotopic (exact) mass is 414 g/mol. The molecule has 1 amide bonds. The molecule has 0 radical (unpaired) electrons. The van der Waals surface area contributed by atoms with Gasteiger partial charge in [-0.3, -0.25) is 4.79 Å². The minimum absolute atomic E-state index is 0.169.